The maximum Gasteiger partial charge on any atom is 0.330 e. The number of hydrogen-bond donors (Lipinski definition) is 0. The van der Waals surface area contributed by atoms with Crippen molar-refractivity contribution in [1.29, 1.82) is 0 Å². The molecule has 0 spiro atoms. The fourth-order valence-corrected chi connectivity index (χ4v) is 1.98. The van der Waals surface area contributed by atoms with Crippen molar-refractivity contribution < 1.29 is 19.1 Å². The van der Waals surface area contributed by atoms with E-state index >= 15 is 0 Å². The van der Waals surface area contributed by atoms with Crippen LogP contribution in [0.3, 0.4) is 0 Å². The molecule has 0 bridgehead atoms. The lowest BCUT2D eigenvalue weighted by Gasteiger charge is -2.04. The van der Waals surface area contributed by atoms with Gasteiger partial charge in [0.2, 0.25) is 0 Å². The normalized spacial score (nSPS) is 16.7. The molecule has 1 rings (SSSR count). The molecule has 0 heterocycles. The monoisotopic (exact) mass is 264 g/mol. The molecule has 1 aliphatic rings. The minimum absolute atomic E-state index is 0.368. The van der Waals surface area contributed by atoms with Crippen LogP contribution in [0.1, 0.15) is 32.1 Å². The fraction of sp³-hybridized carbons (Fsp3) is 0.467. The van der Waals surface area contributed by atoms with E-state index < -0.39 is 0 Å². The molecule has 0 saturated heterocycles. The van der Waals surface area contributed by atoms with Crippen LogP contribution in [0.4, 0.5) is 0 Å². The van der Waals surface area contributed by atoms with Crippen molar-refractivity contribution in [3.05, 3.63) is 35.5 Å². The van der Waals surface area contributed by atoms with Crippen LogP contribution < -0.4 is 0 Å². The molecular weight excluding hydrogens is 244 g/mol. The first-order valence-electron chi connectivity index (χ1n) is 6.41. The van der Waals surface area contributed by atoms with Gasteiger partial charge in [-0.15, -0.1) is 0 Å². The summed E-state index contributed by atoms with van der Waals surface area (Å²) in [4.78, 5) is 22.3. The standard InChI is InChI=1S/C15H20O4/c1-18-14(16)10-8-12-6-4-3-5-7-13(12)9-11-15(17)19-2/h8-11H,3-7H2,1-2H3/b10-8+,11-9+. The Balaban J connectivity index is 2.89. The number of allylic oxidation sites excluding steroid dienone is 4. The lowest BCUT2D eigenvalue weighted by atomic mass is 10.0. The topological polar surface area (TPSA) is 52.6 Å². The predicted octanol–water partition coefficient (Wildman–Crippen LogP) is 2.71. The molecule has 1 aliphatic carbocycles. The second-order valence-electron chi connectivity index (χ2n) is 4.32. The third-order valence-electron chi connectivity index (χ3n) is 3.05. The highest BCUT2D eigenvalue weighted by Gasteiger charge is 2.08. The van der Waals surface area contributed by atoms with Gasteiger partial charge in [-0.3, -0.25) is 0 Å². The fourth-order valence-electron chi connectivity index (χ4n) is 1.98. The van der Waals surface area contributed by atoms with Crippen molar-refractivity contribution in [2.75, 3.05) is 14.2 Å². The summed E-state index contributed by atoms with van der Waals surface area (Å²) in [5, 5.41) is 0. The molecule has 0 amide bonds. The molecule has 0 unspecified atom stereocenters. The van der Waals surface area contributed by atoms with Gasteiger partial charge in [-0.05, 0) is 36.8 Å². The maximum absolute atomic E-state index is 11.1. The second kappa shape index (κ2) is 8.29. The summed E-state index contributed by atoms with van der Waals surface area (Å²) in [6, 6.07) is 0. The number of carbonyl (C=O) groups is 2. The van der Waals surface area contributed by atoms with Crippen LogP contribution in [0, 0.1) is 0 Å². The van der Waals surface area contributed by atoms with Crippen molar-refractivity contribution >= 4 is 11.9 Å². The summed E-state index contributed by atoms with van der Waals surface area (Å²) in [7, 11) is 2.71. The van der Waals surface area contributed by atoms with Crippen LogP contribution in [0.15, 0.2) is 35.5 Å². The average Bonchev–Trinajstić information content (AvgIpc) is 2.67. The molecule has 0 aromatic heterocycles. The molecule has 0 N–H and O–H groups in total. The van der Waals surface area contributed by atoms with Gasteiger partial charge in [0.1, 0.15) is 0 Å². The zero-order valence-electron chi connectivity index (χ0n) is 11.5. The summed E-state index contributed by atoms with van der Waals surface area (Å²) >= 11 is 0. The van der Waals surface area contributed by atoms with E-state index in [-0.39, 0.29) is 11.9 Å². The lowest BCUT2D eigenvalue weighted by molar-refractivity contribution is -0.135. The van der Waals surface area contributed by atoms with Crippen LogP contribution in [-0.2, 0) is 19.1 Å². The van der Waals surface area contributed by atoms with Gasteiger partial charge < -0.3 is 9.47 Å². The minimum atomic E-state index is -0.368. The molecule has 19 heavy (non-hydrogen) atoms. The van der Waals surface area contributed by atoms with Crippen LogP contribution in [0.5, 0.6) is 0 Å². The van der Waals surface area contributed by atoms with E-state index in [2.05, 4.69) is 9.47 Å². The van der Waals surface area contributed by atoms with Gasteiger partial charge in [-0.1, -0.05) is 18.6 Å². The van der Waals surface area contributed by atoms with Crippen molar-refractivity contribution in [1.82, 2.24) is 0 Å². The van der Waals surface area contributed by atoms with Crippen LogP contribution in [0.25, 0.3) is 0 Å². The number of rotatable bonds is 4. The number of ether oxygens (including phenoxy) is 2. The van der Waals surface area contributed by atoms with Crippen LogP contribution >= 0.6 is 0 Å². The van der Waals surface area contributed by atoms with Crippen molar-refractivity contribution in [2.24, 2.45) is 0 Å². The Morgan fingerprint density at radius 3 is 1.63 bits per heavy atom. The number of carbonyl (C=O) groups excluding carboxylic acids is 2. The summed E-state index contributed by atoms with van der Waals surface area (Å²) in [5.74, 6) is -0.735. The number of methoxy groups -OCH3 is 2. The number of esters is 2. The Morgan fingerprint density at radius 2 is 1.26 bits per heavy atom. The van der Waals surface area contributed by atoms with Crippen molar-refractivity contribution in [3.63, 3.8) is 0 Å². The van der Waals surface area contributed by atoms with E-state index in [1.807, 2.05) is 0 Å². The summed E-state index contributed by atoms with van der Waals surface area (Å²) < 4.78 is 9.17. The zero-order chi connectivity index (χ0) is 14.1. The lowest BCUT2D eigenvalue weighted by Crippen LogP contribution is -1.96. The molecule has 0 fully saturated rings. The summed E-state index contributed by atoms with van der Waals surface area (Å²) in [5.41, 5.74) is 2.17. The largest absolute Gasteiger partial charge is 0.466 e. The van der Waals surface area contributed by atoms with E-state index in [0.717, 1.165) is 43.3 Å². The van der Waals surface area contributed by atoms with Gasteiger partial charge in [0.15, 0.2) is 0 Å². The molecular formula is C15H20O4. The third-order valence-corrected chi connectivity index (χ3v) is 3.05. The molecule has 0 radical (unpaired) electrons. The smallest absolute Gasteiger partial charge is 0.330 e. The van der Waals surface area contributed by atoms with Crippen LogP contribution in [0.2, 0.25) is 0 Å². The van der Waals surface area contributed by atoms with Gasteiger partial charge in [-0.25, -0.2) is 9.59 Å². The predicted molar refractivity (Wildman–Crippen MR) is 72.4 cm³/mol. The first-order chi connectivity index (χ1) is 9.17. The Morgan fingerprint density at radius 1 is 0.842 bits per heavy atom. The number of hydrogen-bond acceptors (Lipinski definition) is 4. The Labute approximate surface area is 113 Å². The molecule has 0 aliphatic heterocycles. The van der Waals surface area contributed by atoms with Gasteiger partial charge in [0.25, 0.3) is 0 Å². The van der Waals surface area contributed by atoms with Crippen LogP contribution in [-0.4, -0.2) is 26.2 Å². The highest BCUT2D eigenvalue weighted by atomic mass is 16.5. The molecule has 0 saturated carbocycles. The second-order valence-corrected chi connectivity index (χ2v) is 4.32. The van der Waals surface area contributed by atoms with E-state index in [1.165, 1.54) is 26.4 Å². The molecule has 104 valence electrons. The first-order valence-corrected chi connectivity index (χ1v) is 6.41. The quantitative estimate of drug-likeness (QED) is 0.578. The zero-order valence-corrected chi connectivity index (χ0v) is 11.5. The molecule has 4 nitrogen and oxygen atoms in total. The van der Waals surface area contributed by atoms with Gasteiger partial charge in [-0.2, -0.15) is 0 Å². The average molecular weight is 264 g/mol. The minimum Gasteiger partial charge on any atom is -0.466 e. The highest BCUT2D eigenvalue weighted by molar-refractivity contribution is 5.83. The van der Waals surface area contributed by atoms with Gasteiger partial charge >= 0.3 is 11.9 Å². The van der Waals surface area contributed by atoms with E-state index in [0.29, 0.717) is 0 Å². The molecule has 0 aromatic carbocycles. The third kappa shape index (κ3) is 5.55. The SMILES string of the molecule is COC(=O)/C=C/C1=C(/C=C/C(=O)OC)CCCCC1. The van der Waals surface area contributed by atoms with E-state index in [4.69, 9.17) is 0 Å². The Hall–Kier alpha value is -1.84. The highest BCUT2D eigenvalue weighted by Crippen LogP contribution is 2.25. The summed E-state index contributed by atoms with van der Waals surface area (Å²) in [6.45, 7) is 0. The molecule has 0 atom stereocenters. The Bertz CT molecular complexity index is 378. The maximum atomic E-state index is 11.1. The molecule has 0 aromatic rings. The van der Waals surface area contributed by atoms with E-state index in [1.54, 1.807) is 12.2 Å². The van der Waals surface area contributed by atoms with Crippen molar-refractivity contribution in [3.8, 4) is 0 Å². The Kier molecular flexibility index (Phi) is 6.64. The van der Waals surface area contributed by atoms with E-state index in [9.17, 15) is 9.59 Å². The van der Waals surface area contributed by atoms with Gasteiger partial charge in [0, 0.05) is 12.2 Å². The van der Waals surface area contributed by atoms with Gasteiger partial charge in [0.05, 0.1) is 14.2 Å². The van der Waals surface area contributed by atoms with Crippen molar-refractivity contribution in [2.45, 2.75) is 32.1 Å². The summed E-state index contributed by atoms with van der Waals surface area (Å²) in [6.07, 6.45) is 11.6. The first kappa shape index (κ1) is 15.2. The molecule has 4 heteroatoms.